The largest absolute Gasteiger partial charge is 0.491 e. The van der Waals surface area contributed by atoms with Crippen LogP contribution < -0.4 is 16.2 Å². The highest BCUT2D eigenvalue weighted by molar-refractivity contribution is 5.73. The normalized spacial score (nSPS) is 10.1. The van der Waals surface area contributed by atoms with Gasteiger partial charge >= 0.3 is 0 Å². The Labute approximate surface area is 121 Å². The van der Waals surface area contributed by atoms with Gasteiger partial charge in [-0.3, -0.25) is 0 Å². The lowest BCUT2D eigenvalue weighted by atomic mass is 10.1. The Kier molecular flexibility index (Phi) is 4.18. The molecule has 1 aromatic carbocycles. The maximum Gasteiger partial charge on any atom is 0.222 e. The van der Waals surface area contributed by atoms with Crippen LogP contribution in [-0.4, -0.2) is 16.6 Å². The molecule has 0 spiro atoms. The molecule has 21 heavy (non-hydrogen) atoms. The SMILES string of the molecule is CCCOc1cc(-c2nc(N)nc(N)c2C#N)ccc1F. The molecular weight excluding hydrogens is 273 g/mol. The topological polar surface area (TPSA) is 111 Å². The van der Waals surface area contributed by atoms with Gasteiger partial charge in [0.1, 0.15) is 17.5 Å². The Balaban J connectivity index is 2.55. The summed E-state index contributed by atoms with van der Waals surface area (Å²) in [6, 6.07) is 6.12. The number of hydrogen-bond donors (Lipinski definition) is 2. The summed E-state index contributed by atoms with van der Waals surface area (Å²) in [5, 5.41) is 9.16. The van der Waals surface area contributed by atoms with Gasteiger partial charge in [0.15, 0.2) is 11.6 Å². The molecule has 1 aromatic heterocycles. The molecule has 0 saturated carbocycles. The third-order valence-electron chi connectivity index (χ3n) is 2.73. The Hall–Kier alpha value is -2.88. The van der Waals surface area contributed by atoms with E-state index >= 15 is 0 Å². The zero-order valence-electron chi connectivity index (χ0n) is 11.4. The second-order valence-electron chi connectivity index (χ2n) is 4.30. The number of nitrogens with zero attached hydrogens (tertiary/aromatic N) is 3. The molecule has 2 aromatic rings. The van der Waals surface area contributed by atoms with E-state index in [9.17, 15) is 4.39 Å². The third-order valence-corrected chi connectivity index (χ3v) is 2.73. The van der Waals surface area contributed by atoms with E-state index in [0.717, 1.165) is 6.42 Å². The summed E-state index contributed by atoms with van der Waals surface area (Å²) < 4.78 is 19.0. The van der Waals surface area contributed by atoms with Crippen LogP contribution in [0, 0.1) is 17.1 Å². The summed E-state index contributed by atoms with van der Waals surface area (Å²) in [6.07, 6.45) is 0.751. The highest BCUT2D eigenvalue weighted by atomic mass is 19.1. The zero-order chi connectivity index (χ0) is 15.4. The summed E-state index contributed by atoms with van der Waals surface area (Å²) in [7, 11) is 0. The number of ether oxygens (including phenoxy) is 1. The number of anilines is 2. The summed E-state index contributed by atoms with van der Waals surface area (Å²) in [4.78, 5) is 7.75. The molecule has 108 valence electrons. The molecule has 6 nitrogen and oxygen atoms in total. The fraction of sp³-hybridized carbons (Fsp3) is 0.214. The summed E-state index contributed by atoms with van der Waals surface area (Å²) in [6.45, 7) is 2.31. The fourth-order valence-electron chi connectivity index (χ4n) is 1.79. The first-order valence-electron chi connectivity index (χ1n) is 6.32. The van der Waals surface area contributed by atoms with Gasteiger partial charge in [0.25, 0.3) is 0 Å². The van der Waals surface area contributed by atoms with Gasteiger partial charge in [-0.15, -0.1) is 0 Å². The standard InChI is InChI=1S/C14H14FN5O/c1-2-5-21-11-6-8(3-4-10(11)15)12-9(7-16)13(17)20-14(18)19-12/h3-4,6H,2,5H2,1H3,(H4,17,18,19,20). The van der Waals surface area contributed by atoms with E-state index in [1.807, 2.05) is 13.0 Å². The lowest BCUT2D eigenvalue weighted by molar-refractivity contribution is 0.301. The smallest absolute Gasteiger partial charge is 0.222 e. The first kappa shape index (κ1) is 14.5. The molecule has 0 unspecified atom stereocenters. The van der Waals surface area contributed by atoms with E-state index in [2.05, 4.69) is 9.97 Å². The van der Waals surface area contributed by atoms with Crippen LogP contribution in [0.2, 0.25) is 0 Å². The number of benzene rings is 1. The van der Waals surface area contributed by atoms with Crippen LogP contribution in [0.5, 0.6) is 5.75 Å². The van der Waals surface area contributed by atoms with Crippen LogP contribution >= 0.6 is 0 Å². The number of halogens is 1. The second-order valence-corrected chi connectivity index (χ2v) is 4.30. The molecule has 0 aliphatic rings. The van der Waals surface area contributed by atoms with Crippen molar-refractivity contribution in [1.82, 2.24) is 9.97 Å². The highest BCUT2D eigenvalue weighted by Crippen LogP contribution is 2.29. The molecule has 1 heterocycles. The number of nitriles is 1. The molecule has 0 atom stereocenters. The molecule has 0 bridgehead atoms. The maximum absolute atomic E-state index is 13.7. The van der Waals surface area contributed by atoms with Crippen molar-refractivity contribution >= 4 is 11.8 Å². The monoisotopic (exact) mass is 287 g/mol. The van der Waals surface area contributed by atoms with Crippen molar-refractivity contribution in [2.45, 2.75) is 13.3 Å². The van der Waals surface area contributed by atoms with Gasteiger partial charge in [0.05, 0.1) is 12.3 Å². The Morgan fingerprint density at radius 1 is 1.33 bits per heavy atom. The molecule has 2 rings (SSSR count). The van der Waals surface area contributed by atoms with Gasteiger partial charge in [-0.1, -0.05) is 6.92 Å². The molecule has 0 aliphatic heterocycles. The van der Waals surface area contributed by atoms with E-state index in [4.69, 9.17) is 21.5 Å². The van der Waals surface area contributed by atoms with Crippen molar-refractivity contribution in [3.05, 3.63) is 29.6 Å². The van der Waals surface area contributed by atoms with Crippen LogP contribution in [0.25, 0.3) is 11.3 Å². The average Bonchev–Trinajstić information content (AvgIpc) is 2.45. The Bertz CT molecular complexity index is 711. The maximum atomic E-state index is 13.7. The van der Waals surface area contributed by atoms with Gasteiger partial charge in [0, 0.05) is 5.56 Å². The van der Waals surface area contributed by atoms with E-state index in [0.29, 0.717) is 12.2 Å². The molecule has 4 N–H and O–H groups in total. The van der Waals surface area contributed by atoms with Crippen LogP contribution in [-0.2, 0) is 0 Å². The minimum absolute atomic E-state index is 0.0136. The van der Waals surface area contributed by atoms with Gasteiger partial charge in [0.2, 0.25) is 5.95 Å². The first-order chi connectivity index (χ1) is 10.1. The van der Waals surface area contributed by atoms with Crippen molar-refractivity contribution in [2.75, 3.05) is 18.1 Å². The zero-order valence-corrected chi connectivity index (χ0v) is 11.4. The number of nitrogen functional groups attached to an aromatic ring is 2. The lowest BCUT2D eigenvalue weighted by Gasteiger charge is -2.10. The van der Waals surface area contributed by atoms with Crippen molar-refractivity contribution in [1.29, 1.82) is 5.26 Å². The molecule has 0 radical (unpaired) electrons. The number of aromatic nitrogens is 2. The quantitative estimate of drug-likeness (QED) is 0.890. The number of rotatable bonds is 4. The molecular formula is C14H14FN5O. The summed E-state index contributed by atoms with van der Waals surface area (Å²) in [5.41, 5.74) is 12.0. The summed E-state index contributed by atoms with van der Waals surface area (Å²) >= 11 is 0. The van der Waals surface area contributed by atoms with E-state index < -0.39 is 5.82 Å². The minimum Gasteiger partial charge on any atom is -0.491 e. The second kappa shape index (κ2) is 6.05. The molecule has 7 heteroatoms. The molecule has 0 amide bonds. The van der Waals surface area contributed by atoms with E-state index in [1.54, 1.807) is 0 Å². The van der Waals surface area contributed by atoms with E-state index in [1.165, 1.54) is 18.2 Å². The van der Waals surface area contributed by atoms with Crippen molar-refractivity contribution < 1.29 is 9.13 Å². The minimum atomic E-state index is -0.485. The first-order valence-corrected chi connectivity index (χ1v) is 6.32. The van der Waals surface area contributed by atoms with Gasteiger partial charge in [-0.25, -0.2) is 9.37 Å². The van der Waals surface area contributed by atoms with Crippen LogP contribution in [0.4, 0.5) is 16.2 Å². The van der Waals surface area contributed by atoms with Crippen LogP contribution in [0.15, 0.2) is 18.2 Å². The predicted octanol–water partition coefficient (Wildman–Crippen LogP) is 2.11. The summed E-state index contributed by atoms with van der Waals surface area (Å²) in [5.74, 6) is -0.461. The van der Waals surface area contributed by atoms with Gasteiger partial charge in [-0.2, -0.15) is 10.2 Å². The van der Waals surface area contributed by atoms with Gasteiger partial charge < -0.3 is 16.2 Å². The fourth-order valence-corrected chi connectivity index (χ4v) is 1.79. The third kappa shape index (κ3) is 3.00. The van der Waals surface area contributed by atoms with Crippen LogP contribution in [0.3, 0.4) is 0 Å². The average molecular weight is 287 g/mol. The van der Waals surface area contributed by atoms with Crippen molar-refractivity contribution in [3.8, 4) is 23.1 Å². The Morgan fingerprint density at radius 2 is 2.10 bits per heavy atom. The number of hydrogen-bond acceptors (Lipinski definition) is 6. The van der Waals surface area contributed by atoms with Crippen molar-refractivity contribution in [3.63, 3.8) is 0 Å². The number of nitrogens with two attached hydrogens (primary N) is 2. The highest BCUT2D eigenvalue weighted by Gasteiger charge is 2.15. The van der Waals surface area contributed by atoms with Crippen molar-refractivity contribution in [2.24, 2.45) is 0 Å². The van der Waals surface area contributed by atoms with Crippen LogP contribution in [0.1, 0.15) is 18.9 Å². The van der Waals surface area contributed by atoms with E-state index in [-0.39, 0.29) is 28.8 Å². The lowest BCUT2D eigenvalue weighted by Crippen LogP contribution is -2.05. The molecule has 0 fully saturated rings. The van der Waals surface area contributed by atoms with Gasteiger partial charge in [-0.05, 0) is 24.6 Å². The predicted molar refractivity (Wildman–Crippen MR) is 76.8 cm³/mol. The molecule has 0 saturated heterocycles. The molecule has 0 aliphatic carbocycles. The Morgan fingerprint density at radius 3 is 2.76 bits per heavy atom.